The number of fused-ring (bicyclic) bond motifs is 4. The molecule has 2 amide bonds. The number of hydrogen-bond acceptors (Lipinski definition) is 8. The van der Waals surface area contributed by atoms with E-state index in [-0.39, 0.29) is 24.2 Å². The van der Waals surface area contributed by atoms with Crippen molar-refractivity contribution in [1.82, 2.24) is 29.2 Å². The van der Waals surface area contributed by atoms with E-state index in [1.807, 2.05) is 107 Å². The monoisotopic (exact) mass is 1140 g/mol. The van der Waals surface area contributed by atoms with Crippen LogP contribution in [0.4, 0.5) is 11.4 Å². The molecule has 0 saturated carbocycles. The minimum Gasteiger partial charge on any atom is -1.00 e. The zero-order valence-electron chi connectivity index (χ0n) is 48.4. The summed E-state index contributed by atoms with van der Waals surface area (Å²) in [4.78, 5) is 35.4. The summed E-state index contributed by atoms with van der Waals surface area (Å²) >= 11 is 0. The van der Waals surface area contributed by atoms with Gasteiger partial charge in [0.2, 0.25) is 28.5 Å². The molecule has 0 radical (unpaired) electrons. The number of nitriles is 2. The van der Waals surface area contributed by atoms with E-state index in [1.165, 1.54) is 61.5 Å². The number of carbonyl (C=O) groups excluding carboxylic acids is 2. The van der Waals surface area contributed by atoms with Crippen LogP contribution in [0.1, 0.15) is 49.9 Å². The van der Waals surface area contributed by atoms with E-state index in [1.54, 1.807) is 51.3 Å². The predicted molar refractivity (Wildman–Crippen MR) is 336 cm³/mol. The van der Waals surface area contributed by atoms with Crippen molar-refractivity contribution in [2.24, 2.45) is 0 Å². The third-order valence-corrected chi connectivity index (χ3v) is 13.9. The van der Waals surface area contributed by atoms with Crippen molar-refractivity contribution in [2.75, 3.05) is 29.6 Å². The number of anilines is 2. The summed E-state index contributed by atoms with van der Waals surface area (Å²) in [6.45, 7) is 22.9. The van der Waals surface area contributed by atoms with Gasteiger partial charge in [-0.2, -0.15) is 20.0 Å². The highest BCUT2D eigenvalue weighted by Gasteiger charge is 2.24. The topological polar surface area (TPSA) is 152 Å². The Bertz CT molecular complexity index is 4030. The van der Waals surface area contributed by atoms with Crippen molar-refractivity contribution >= 4 is 73.6 Å². The molecular formula is C66H69ClN11O2PSi. The van der Waals surface area contributed by atoms with Crippen molar-refractivity contribution in [2.45, 2.75) is 68.1 Å². The Balaban J connectivity index is 0.000000187. The number of halogens is 1. The molecule has 0 aliphatic heterocycles. The first-order chi connectivity index (χ1) is 39.1. The normalized spacial score (nSPS) is 10.5. The van der Waals surface area contributed by atoms with Crippen LogP contribution in [-0.2, 0) is 9.59 Å². The third-order valence-electron chi connectivity index (χ3n) is 13.2. The highest BCUT2D eigenvalue weighted by Crippen LogP contribution is 2.39. The smallest absolute Gasteiger partial charge is 0.223 e. The second-order valence-corrected chi connectivity index (χ2v) is 24.7. The minimum absolute atomic E-state index is 0. The number of aryl methyl sites for hydroxylation is 3. The van der Waals surface area contributed by atoms with Gasteiger partial charge in [-0.25, -0.2) is 24.3 Å². The average molecular weight is 1140 g/mol. The molecule has 416 valence electrons. The van der Waals surface area contributed by atoms with Crippen LogP contribution < -0.4 is 26.8 Å². The molecule has 1 unspecified atom stereocenters. The van der Waals surface area contributed by atoms with Crippen LogP contribution in [0.5, 0.6) is 0 Å². The molecule has 0 N–H and O–H groups in total. The summed E-state index contributed by atoms with van der Waals surface area (Å²) in [6.07, 6.45) is 6.65. The first kappa shape index (κ1) is 62.3. The number of nitrogens with zero attached hydrogens (tertiary/aromatic N) is 11. The molecule has 6 aromatic carbocycles. The number of aromatic nitrogens is 7. The lowest BCUT2D eigenvalue weighted by atomic mass is 9.89. The van der Waals surface area contributed by atoms with Crippen LogP contribution in [0, 0.1) is 43.1 Å². The summed E-state index contributed by atoms with van der Waals surface area (Å²) in [7, 11) is 1.09. The van der Waals surface area contributed by atoms with Crippen LogP contribution in [0.15, 0.2) is 183 Å². The molecule has 0 spiro atoms. The molecule has 0 aliphatic carbocycles. The Hall–Kier alpha value is -8.91. The number of para-hydroxylation sites is 3. The fourth-order valence-electron chi connectivity index (χ4n) is 9.82. The van der Waals surface area contributed by atoms with Crippen molar-refractivity contribution in [3.63, 3.8) is 0 Å². The van der Waals surface area contributed by atoms with Crippen LogP contribution in [-0.4, -0.2) is 68.8 Å². The van der Waals surface area contributed by atoms with Crippen molar-refractivity contribution in [3.05, 3.63) is 205 Å². The number of hydrogen-bond donors (Lipinski definition) is 0. The predicted octanol–water partition coefficient (Wildman–Crippen LogP) is 11.2. The van der Waals surface area contributed by atoms with E-state index in [0.29, 0.717) is 24.3 Å². The lowest BCUT2D eigenvalue weighted by molar-refractivity contribution is -0.537. The van der Waals surface area contributed by atoms with Crippen LogP contribution in [0.3, 0.4) is 0 Å². The van der Waals surface area contributed by atoms with E-state index in [4.69, 9.17) is 10.5 Å². The van der Waals surface area contributed by atoms with Gasteiger partial charge in [0.25, 0.3) is 0 Å². The van der Waals surface area contributed by atoms with Crippen molar-refractivity contribution < 1.29 is 26.6 Å². The molecule has 11 rings (SSSR count). The van der Waals surface area contributed by atoms with Crippen molar-refractivity contribution in [1.29, 1.82) is 10.5 Å². The molecular weight excluding hydrogens is 1070 g/mol. The second-order valence-electron chi connectivity index (χ2n) is 20.0. The fourth-order valence-corrected chi connectivity index (χ4v) is 9.82. The molecule has 13 nitrogen and oxygen atoms in total. The van der Waals surface area contributed by atoms with E-state index in [9.17, 15) is 9.59 Å². The van der Waals surface area contributed by atoms with Crippen LogP contribution in [0.2, 0.25) is 19.6 Å². The van der Waals surface area contributed by atoms with E-state index < -0.39 is 8.07 Å². The molecule has 82 heavy (non-hydrogen) atoms. The molecule has 5 heterocycles. The maximum atomic E-state index is 11.7. The number of rotatable bonds is 8. The highest BCUT2D eigenvalue weighted by molar-refractivity contribution is 7.15. The van der Waals surface area contributed by atoms with E-state index >= 15 is 0 Å². The minimum atomic E-state index is -1.33. The quantitative estimate of drug-likeness (QED) is 0.0631. The van der Waals surface area contributed by atoms with Gasteiger partial charge in [-0.1, -0.05) is 111 Å². The molecule has 1 atom stereocenters. The largest absolute Gasteiger partial charge is 1.00 e. The third kappa shape index (κ3) is 14.2. The SMILES string of the molecule is CCN(C(C)=O)c1cccc(-c2ccnc3c(C#N)cnn23)c1.CCN(C(C)=O)c1cccc(-c2ccnc3ccnn23)c1.CP.C[Si](C)(C)C#N.Cc1cc(C)c(-c2c3ccccc3[n+](-c3ccccc3)c3ccccc23)c(C)c1.[Cl-]. The maximum absolute atomic E-state index is 11.7. The highest BCUT2D eigenvalue weighted by atomic mass is 35.5. The fraction of sp³-hybridized carbons (Fsp3) is 0.197. The molecule has 16 heteroatoms. The number of amides is 2. The van der Waals surface area contributed by atoms with Gasteiger partial charge in [-0.15, -0.1) is 9.24 Å². The Morgan fingerprint density at radius 2 is 1.09 bits per heavy atom. The lowest BCUT2D eigenvalue weighted by Crippen LogP contribution is -3.00. The molecule has 0 fully saturated rings. The zero-order chi connectivity index (χ0) is 58.4. The summed E-state index contributed by atoms with van der Waals surface area (Å²) in [6, 6.07) is 56.1. The van der Waals surface area contributed by atoms with Gasteiger partial charge in [0, 0.05) is 103 Å². The van der Waals surface area contributed by atoms with Crippen LogP contribution >= 0.6 is 9.24 Å². The van der Waals surface area contributed by atoms with Gasteiger partial charge in [0.15, 0.2) is 19.4 Å². The van der Waals surface area contributed by atoms with Gasteiger partial charge in [-0.3, -0.25) is 9.59 Å². The first-order valence-corrected chi connectivity index (χ1v) is 31.5. The Kier molecular flexibility index (Phi) is 21.6. The maximum Gasteiger partial charge on any atom is 0.223 e. The number of pyridine rings is 1. The zero-order valence-corrected chi connectivity index (χ0v) is 51.3. The van der Waals surface area contributed by atoms with Crippen molar-refractivity contribution in [3.8, 4) is 51.1 Å². The number of benzene rings is 6. The molecule has 5 aromatic heterocycles. The molecule has 0 bridgehead atoms. The summed E-state index contributed by atoms with van der Waals surface area (Å²) in [5.41, 5.74) is 19.7. The van der Waals surface area contributed by atoms with Gasteiger partial charge in [0.1, 0.15) is 11.6 Å². The van der Waals surface area contributed by atoms with Crippen LogP contribution in [0.25, 0.3) is 72.4 Å². The average Bonchev–Trinajstić information content (AvgIpc) is 1.96. The first-order valence-electron chi connectivity index (χ1n) is 26.8. The van der Waals surface area contributed by atoms with Gasteiger partial charge in [0.05, 0.1) is 34.6 Å². The van der Waals surface area contributed by atoms with E-state index in [2.05, 4.69) is 158 Å². The lowest BCUT2D eigenvalue weighted by Gasteiger charge is -2.19. The van der Waals surface area contributed by atoms with Gasteiger partial charge in [-0.05, 0) is 99.8 Å². The van der Waals surface area contributed by atoms with E-state index in [0.717, 1.165) is 39.5 Å². The molecule has 11 aromatic rings. The Morgan fingerprint density at radius 3 is 1.57 bits per heavy atom. The summed E-state index contributed by atoms with van der Waals surface area (Å²) in [5, 5.41) is 28.4. The summed E-state index contributed by atoms with van der Waals surface area (Å²) < 4.78 is 5.82. The molecule has 0 saturated heterocycles. The Labute approximate surface area is 490 Å². The second kappa shape index (κ2) is 28.5. The summed E-state index contributed by atoms with van der Waals surface area (Å²) in [5.74, 6) is 0.0315. The Morgan fingerprint density at radius 1 is 0.598 bits per heavy atom. The van der Waals surface area contributed by atoms with Gasteiger partial charge < -0.3 is 22.2 Å². The molecule has 0 aliphatic rings. The standard InChI is InChI=1S/C28H24N.C17H15N5O.C16H16N4O.C4H9NSi.CH5P.ClH/c1-19-17-20(2)27(21(3)18-19)28-23-13-7-9-15-25(23)29(22-11-5-4-6-12-22)26-16-10-8-14-24(26)28;1-3-21(12(2)23)15-6-4-5-13(9-15)16-7-8-19-17-14(10-18)11-20-22(16)17;1-3-19(12(2)21)14-6-4-5-13(11-14)15-7-9-17-16-8-10-18-20(15)16;1-6(2,3)4-5;1-2;/h4-18H,1-3H3;4-9,11H,3H2,1-2H3;4-11H,3H2,1-2H3;1-3H3;2H2,1H3;1H/q+1;;;;;/p-1. The number of carbonyl (C=O) groups is 2. The van der Waals surface area contributed by atoms with Gasteiger partial charge >= 0.3 is 0 Å².